The lowest BCUT2D eigenvalue weighted by Gasteiger charge is -2.24. The van der Waals surface area contributed by atoms with Gasteiger partial charge in [0.05, 0.1) is 11.1 Å². The van der Waals surface area contributed by atoms with Crippen molar-refractivity contribution in [3.63, 3.8) is 0 Å². The quantitative estimate of drug-likeness (QED) is 0.614. The minimum absolute atomic E-state index is 0.00420. The standard InChI is InChI=1S/C15H13F4NO3/c1-14(2)8-23-13(22)20(14)12(21)6-4-9-3-5-10(16)7-11(9)15(17,18)19/h3-7H,8H2,1-2H3. The number of nitrogens with zero attached hydrogens (tertiary/aromatic N) is 1. The lowest BCUT2D eigenvalue weighted by atomic mass is 10.0. The van der Waals surface area contributed by atoms with Crippen LogP contribution in [0.3, 0.4) is 0 Å². The molecule has 1 aliphatic heterocycles. The second-order valence-electron chi connectivity index (χ2n) is 5.60. The van der Waals surface area contributed by atoms with Gasteiger partial charge in [0, 0.05) is 6.08 Å². The summed E-state index contributed by atoms with van der Waals surface area (Å²) >= 11 is 0. The summed E-state index contributed by atoms with van der Waals surface area (Å²) in [6, 6.07) is 2.11. The number of halogens is 4. The van der Waals surface area contributed by atoms with Crippen LogP contribution in [0.4, 0.5) is 22.4 Å². The van der Waals surface area contributed by atoms with Crippen molar-refractivity contribution in [3.8, 4) is 0 Å². The van der Waals surface area contributed by atoms with Crippen molar-refractivity contribution < 1.29 is 31.9 Å². The summed E-state index contributed by atoms with van der Waals surface area (Å²) in [5.74, 6) is -1.85. The average Bonchev–Trinajstić information content (AvgIpc) is 2.70. The van der Waals surface area contributed by atoms with Crippen LogP contribution in [-0.4, -0.2) is 29.0 Å². The second-order valence-corrected chi connectivity index (χ2v) is 5.60. The molecule has 1 saturated heterocycles. The molecule has 0 atom stereocenters. The molecule has 8 heteroatoms. The van der Waals surface area contributed by atoms with E-state index in [2.05, 4.69) is 0 Å². The van der Waals surface area contributed by atoms with Crippen LogP contribution in [0.25, 0.3) is 6.08 Å². The molecule has 0 saturated carbocycles. The van der Waals surface area contributed by atoms with E-state index in [1.807, 2.05) is 0 Å². The highest BCUT2D eigenvalue weighted by Crippen LogP contribution is 2.33. The van der Waals surface area contributed by atoms with E-state index in [9.17, 15) is 27.2 Å². The predicted molar refractivity (Wildman–Crippen MR) is 72.7 cm³/mol. The van der Waals surface area contributed by atoms with E-state index in [0.717, 1.165) is 29.2 Å². The fourth-order valence-electron chi connectivity index (χ4n) is 2.16. The summed E-state index contributed by atoms with van der Waals surface area (Å²) in [5.41, 5.74) is -2.48. The molecule has 0 aliphatic carbocycles. The number of amides is 2. The number of carbonyl (C=O) groups is 2. The Morgan fingerprint density at radius 1 is 1.35 bits per heavy atom. The third kappa shape index (κ3) is 3.52. The van der Waals surface area contributed by atoms with Crippen LogP contribution in [0.2, 0.25) is 0 Å². The Morgan fingerprint density at radius 3 is 2.52 bits per heavy atom. The largest absolute Gasteiger partial charge is 0.447 e. The molecular formula is C15H13F4NO3. The lowest BCUT2D eigenvalue weighted by molar-refractivity contribution is -0.138. The Hall–Kier alpha value is -2.38. The van der Waals surface area contributed by atoms with E-state index in [1.165, 1.54) is 0 Å². The summed E-state index contributed by atoms with van der Waals surface area (Å²) in [6.07, 6.45) is -3.90. The average molecular weight is 331 g/mol. The minimum atomic E-state index is -4.77. The number of hydrogen-bond donors (Lipinski definition) is 0. The van der Waals surface area contributed by atoms with Crippen LogP contribution < -0.4 is 0 Å². The molecule has 124 valence electrons. The van der Waals surface area contributed by atoms with Gasteiger partial charge in [-0.05, 0) is 37.6 Å². The monoisotopic (exact) mass is 331 g/mol. The van der Waals surface area contributed by atoms with E-state index >= 15 is 0 Å². The number of carbonyl (C=O) groups excluding carboxylic acids is 2. The van der Waals surface area contributed by atoms with Crippen molar-refractivity contribution in [1.29, 1.82) is 0 Å². The maximum absolute atomic E-state index is 13.0. The molecule has 0 bridgehead atoms. The van der Waals surface area contributed by atoms with Crippen LogP contribution >= 0.6 is 0 Å². The van der Waals surface area contributed by atoms with Gasteiger partial charge in [-0.1, -0.05) is 6.07 Å². The first-order valence-corrected chi connectivity index (χ1v) is 6.58. The van der Waals surface area contributed by atoms with Crippen LogP contribution in [0.15, 0.2) is 24.3 Å². The summed E-state index contributed by atoms with van der Waals surface area (Å²) in [4.78, 5) is 24.4. The highest BCUT2D eigenvalue weighted by atomic mass is 19.4. The topological polar surface area (TPSA) is 46.6 Å². The summed E-state index contributed by atoms with van der Waals surface area (Å²) in [6.45, 7) is 3.17. The molecule has 2 rings (SSSR count). The van der Waals surface area contributed by atoms with Gasteiger partial charge in [0.25, 0.3) is 5.91 Å². The smallest absolute Gasteiger partial charge is 0.417 e. The molecule has 0 radical (unpaired) electrons. The number of hydrogen-bond acceptors (Lipinski definition) is 3. The van der Waals surface area contributed by atoms with Crippen molar-refractivity contribution in [3.05, 3.63) is 41.2 Å². The summed E-state index contributed by atoms with van der Waals surface area (Å²) in [7, 11) is 0. The van der Waals surface area contributed by atoms with E-state index in [0.29, 0.717) is 6.07 Å². The molecule has 23 heavy (non-hydrogen) atoms. The van der Waals surface area contributed by atoms with Crippen molar-refractivity contribution in [2.45, 2.75) is 25.6 Å². The zero-order chi connectivity index (χ0) is 17.4. The number of cyclic esters (lactones) is 1. The number of rotatable bonds is 2. The Balaban J connectivity index is 2.31. The van der Waals surface area contributed by atoms with Crippen LogP contribution in [-0.2, 0) is 15.7 Å². The molecule has 0 spiro atoms. The van der Waals surface area contributed by atoms with Gasteiger partial charge >= 0.3 is 12.3 Å². The number of ether oxygens (including phenoxy) is 1. The Morgan fingerprint density at radius 2 is 2.00 bits per heavy atom. The van der Waals surface area contributed by atoms with Crippen molar-refractivity contribution in [2.24, 2.45) is 0 Å². The van der Waals surface area contributed by atoms with Crippen LogP contribution in [0, 0.1) is 5.82 Å². The van der Waals surface area contributed by atoms with Gasteiger partial charge in [-0.3, -0.25) is 4.79 Å². The Kier molecular flexibility index (Phi) is 4.19. The molecule has 1 aliphatic rings. The van der Waals surface area contributed by atoms with Crippen molar-refractivity contribution in [2.75, 3.05) is 6.61 Å². The fourth-order valence-corrected chi connectivity index (χ4v) is 2.16. The summed E-state index contributed by atoms with van der Waals surface area (Å²) < 4.78 is 56.4. The first-order valence-electron chi connectivity index (χ1n) is 6.58. The third-order valence-corrected chi connectivity index (χ3v) is 3.28. The Bertz CT molecular complexity index is 680. The van der Waals surface area contributed by atoms with Crippen LogP contribution in [0.5, 0.6) is 0 Å². The maximum Gasteiger partial charge on any atom is 0.417 e. The molecule has 1 aromatic carbocycles. The van der Waals surface area contributed by atoms with Crippen molar-refractivity contribution in [1.82, 2.24) is 4.90 Å². The van der Waals surface area contributed by atoms with Gasteiger partial charge in [-0.15, -0.1) is 0 Å². The summed E-state index contributed by atoms with van der Waals surface area (Å²) in [5, 5.41) is 0. The minimum Gasteiger partial charge on any atom is -0.447 e. The van der Waals surface area contributed by atoms with Gasteiger partial charge in [-0.25, -0.2) is 14.1 Å². The molecule has 4 nitrogen and oxygen atoms in total. The van der Waals surface area contributed by atoms with Gasteiger partial charge in [-0.2, -0.15) is 13.2 Å². The first-order chi connectivity index (χ1) is 10.5. The zero-order valence-electron chi connectivity index (χ0n) is 12.3. The third-order valence-electron chi connectivity index (χ3n) is 3.28. The lowest BCUT2D eigenvalue weighted by Crippen LogP contribution is -2.45. The van der Waals surface area contributed by atoms with Crippen molar-refractivity contribution >= 4 is 18.1 Å². The molecule has 1 fully saturated rings. The van der Waals surface area contributed by atoms with Gasteiger partial charge in [0.1, 0.15) is 12.4 Å². The molecule has 0 unspecified atom stereocenters. The highest BCUT2D eigenvalue weighted by molar-refractivity contribution is 6.02. The molecule has 2 amide bonds. The molecule has 0 N–H and O–H groups in total. The van der Waals surface area contributed by atoms with E-state index in [4.69, 9.17) is 4.74 Å². The van der Waals surface area contributed by atoms with E-state index in [1.54, 1.807) is 13.8 Å². The van der Waals surface area contributed by atoms with Gasteiger partial charge in [0.15, 0.2) is 0 Å². The van der Waals surface area contributed by atoms with Gasteiger partial charge < -0.3 is 4.74 Å². The normalized spacial score (nSPS) is 17.7. The molecular weight excluding hydrogens is 318 g/mol. The molecule has 1 aromatic rings. The molecule has 1 heterocycles. The Labute approximate surface area is 129 Å². The highest BCUT2D eigenvalue weighted by Gasteiger charge is 2.43. The number of alkyl halides is 3. The zero-order valence-corrected chi connectivity index (χ0v) is 12.3. The number of imide groups is 1. The van der Waals surface area contributed by atoms with E-state index in [-0.39, 0.29) is 12.2 Å². The number of benzene rings is 1. The second kappa shape index (κ2) is 5.68. The van der Waals surface area contributed by atoms with Gasteiger partial charge in [0.2, 0.25) is 0 Å². The SMILES string of the molecule is CC1(C)COC(=O)N1C(=O)C=Cc1ccc(F)cc1C(F)(F)F. The fraction of sp³-hybridized carbons (Fsp3) is 0.333. The predicted octanol–water partition coefficient (Wildman–Crippen LogP) is 3.62. The van der Waals surface area contributed by atoms with E-state index < -0.39 is 35.1 Å². The first kappa shape index (κ1) is 17.0. The molecule has 0 aromatic heterocycles. The maximum atomic E-state index is 13.0. The van der Waals surface area contributed by atoms with Crippen LogP contribution in [0.1, 0.15) is 25.0 Å².